The van der Waals surface area contributed by atoms with Crippen molar-refractivity contribution in [2.24, 2.45) is 0 Å². The first-order valence-corrected chi connectivity index (χ1v) is 8.14. The van der Waals surface area contributed by atoms with Gasteiger partial charge in [-0.15, -0.1) is 0 Å². The average Bonchev–Trinajstić information content (AvgIpc) is 2.52. The largest absolute Gasteiger partial charge is 0.399 e. The number of nitrogen functional groups attached to an aromatic ring is 1. The van der Waals surface area contributed by atoms with Crippen molar-refractivity contribution < 1.29 is 13.2 Å². The van der Waals surface area contributed by atoms with Crippen molar-refractivity contribution in [3.63, 3.8) is 0 Å². The molecule has 1 amide bonds. The summed E-state index contributed by atoms with van der Waals surface area (Å²) in [6.45, 7) is 0.621. The third-order valence-corrected chi connectivity index (χ3v) is 5.11. The molecule has 2 rings (SSSR count). The third kappa shape index (κ3) is 3.39. The van der Waals surface area contributed by atoms with Gasteiger partial charge < -0.3 is 10.6 Å². The quantitative estimate of drug-likeness (QED) is 0.790. The highest BCUT2D eigenvalue weighted by Gasteiger charge is 2.24. The predicted octanol–water partition coefficient (Wildman–Crippen LogP) is 1.18. The van der Waals surface area contributed by atoms with Crippen LogP contribution in [-0.4, -0.2) is 43.8 Å². The van der Waals surface area contributed by atoms with E-state index in [1.54, 1.807) is 12.1 Å². The molecule has 19 heavy (non-hydrogen) atoms. The molecule has 0 aromatic heterocycles. The summed E-state index contributed by atoms with van der Waals surface area (Å²) >= 11 is 5.99. The average molecular weight is 303 g/mol. The number of halogens is 1. The summed E-state index contributed by atoms with van der Waals surface area (Å²) < 4.78 is 23.0. The zero-order valence-corrected chi connectivity index (χ0v) is 11.9. The lowest BCUT2D eigenvalue weighted by Crippen LogP contribution is -2.33. The number of anilines is 1. The van der Waals surface area contributed by atoms with E-state index in [-0.39, 0.29) is 24.0 Å². The second-order valence-corrected chi connectivity index (χ2v) is 7.25. The van der Waals surface area contributed by atoms with Crippen LogP contribution >= 0.6 is 11.6 Å². The molecule has 1 fully saturated rings. The van der Waals surface area contributed by atoms with Crippen LogP contribution in [0.2, 0.25) is 5.02 Å². The van der Waals surface area contributed by atoms with E-state index in [1.165, 1.54) is 11.0 Å². The van der Waals surface area contributed by atoms with Crippen LogP contribution in [0.5, 0.6) is 0 Å². The highest BCUT2D eigenvalue weighted by atomic mass is 35.5. The Kier molecular flexibility index (Phi) is 4.01. The number of nitrogens with zero attached hydrogens (tertiary/aromatic N) is 1. The number of carbonyl (C=O) groups excluding carboxylic acids is 1. The van der Waals surface area contributed by atoms with E-state index in [9.17, 15) is 13.2 Å². The van der Waals surface area contributed by atoms with Crippen molar-refractivity contribution in [2.45, 2.75) is 6.42 Å². The molecule has 0 radical (unpaired) electrons. The molecule has 0 unspecified atom stereocenters. The molecule has 0 aliphatic carbocycles. The number of rotatable bonds is 1. The van der Waals surface area contributed by atoms with Crippen LogP contribution in [0.4, 0.5) is 5.69 Å². The van der Waals surface area contributed by atoms with Gasteiger partial charge in [-0.1, -0.05) is 11.6 Å². The molecule has 0 saturated carbocycles. The van der Waals surface area contributed by atoms with Crippen LogP contribution in [0, 0.1) is 0 Å². The summed E-state index contributed by atoms with van der Waals surface area (Å²) in [6, 6.07) is 4.70. The van der Waals surface area contributed by atoms with Crippen molar-refractivity contribution in [1.29, 1.82) is 0 Å². The van der Waals surface area contributed by atoms with Gasteiger partial charge in [-0.25, -0.2) is 8.42 Å². The van der Waals surface area contributed by atoms with E-state index >= 15 is 0 Å². The summed E-state index contributed by atoms with van der Waals surface area (Å²) in [6.07, 6.45) is 0.452. The monoisotopic (exact) mass is 302 g/mol. The number of benzene rings is 1. The van der Waals surface area contributed by atoms with Crippen LogP contribution < -0.4 is 5.73 Å². The number of sulfone groups is 1. The SMILES string of the molecule is Nc1ccc(Cl)c(C(=O)N2CCCS(=O)(=O)CC2)c1. The molecule has 1 heterocycles. The van der Waals surface area contributed by atoms with Gasteiger partial charge in [0.05, 0.1) is 22.1 Å². The number of carbonyl (C=O) groups is 1. The molecule has 0 spiro atoms. The lowest BCUT2D eigenvalue weighted by atomic mass is 10.1. The maximum atomic E-state index is 12.3. The molecule has 0 atom stereocenters. The minimum atomic E-state index is -3.04. The van der Waals surface area contributed by atoms with Crippen molar-refractivity contribution in [3.8, 4) is 0 Å². The molecule has 1 aliphatic rings. The molecular formula is C12H15ClN2O3S. The first-order chi connectivity index (χ1) is 8.89. The Balaban J connectivity index is 2.22. The minimum absolute atomic E-state index is 0.00131. The highest BCUT2D eigenvalue weighted by Crippen LogP contribution is 2.21. The van der Waals surface area contributed by atoms with Gasteiger partial charge in [0.15, 0.2) is 9.84 Å². The van der Waals surface area contributed by atoms with E-state index in [0.717, 1.165) is 0 Å². The van der Waals surface area contributed by atoms with Crippen molar-refractivity contribution in [1.82, 2.24) is 4.90 Å². The molecule has 1 aliphatic heterocycles. The van der Waals surface area contributed by atoms with Gasteiger partial charge in [-0.3, -0.25) is 4.79 Å². The van der Waals surface area contributed by atoms with Crippen molar-refractivity contribution >= 4 is 33.0 Å². The topological polar surface area (TPSA) is 80.5 Å². The Morgan fingerprint density at radius 3 is 2.74 bits per heavy atom. The Morgan fingerprint density at radius 1 is 1.26 bits per heavy atom. The van der Waals surface area contributed by atoms with Crippen LogP contribution in [-0.2, 0) is 9.84 Å². The summed E-state index contributed by atoms with van der Waals surface area (Å²) in [5.41, 5.74) is 6.42. The second kappa shape index (κ2) is 5.38. The molecule has 2 N–H and O–H groups in total. The molecular weight excluding hydrogens is 288 g/mol. The van der Waals surface area contributed by atoms with E-state index < -0.39 is 9.84 Å². The maximum Gasteiger partial charge on any atom is 0.255 e. The van der Waals surface area contributed by atoms with Gasteiger partial charge in [0.2, 0.25) is 0 Å². The number of hydrogen-bond acceptors (Lipinski definition) is 4. The maximum absolute atomic E-state index is 12.3. The van der Waals surface area contributed by atoms with Crippen LogP contribution in [0.1, 0.15) is 16.8 Å². The number of hydrogen-bond donors (Lipinski definition) is 1. The van der Waals surface area contributed by atoms with Gasteiger partial charge in [0.1, 0.15) is 0 Å². The second-order valence-electron chi connectivity index (χ2n) is 4.54. The number of nitrogens with two attached hydrogens (primary N) is 1. The molecule has 5 nitrogen and oxygen atoms in total. The fraction of sp³-hybridized carbons (Fsp3) is 0.417. The molecule has 1 aromatic rings. The van der Waals surface area contributed by atoms with Crippen LogP contribution in [0.15, 0.2) is 18.2 Å². The Morgan fingerprint density at radius 2 is 2.00 bits per heavy atom. The minimum Gasteiger partial charge on any atom is -0.399 e. The fourth-order valence-electron chi connectivity index (χ4n) is 2.02. The summed E-state index contributed by atoms with van der Waals surface area (Å²) in [5.74, 6) is -0.144. The van der Waals surface area contributed by atoms with Crippen LogP contribution in [0.25, 0.3) is 0 Å². The Bertz CT molecular complexity index is 601. The molecule has 1 aromatic carbocycles. The normalized spacial score (nSPS) is 18.9. The van der Waals surface area contributed by atoms with Gasteiger partial charge in [-0.2, -0.15) is 0 Å². The molecule has 7 heteroatoms. The Labute approximate surface area is 117 Å². The van der Waals surface area contributed by atoms with Gasteiger partial charge in [0, 0.05) is 18.8 Å². The van der Waals surface area contributed by atoms with Gasteiger partial charge in [0.25, 0.3) is 5.91 Å². The van der Waals surface area contributed by atoms with E-state index in [1.807, 2.05) is 0 Å². The highest BCUT2D eigenvalue weighted by molar-refractivity contribution is 7.91. The summed E-state index contributed by atoms with van der Waals surface area (Å²) in [5, 5.41) is 0.325. The van der Waals surface area contributed by atoms with Gasteiger partial charge >= 0.3 is 0 Å². The van der Waals surface area contributed by atoms with Crippen molar-refractivity contribution in [2.75, 3.05) is 30.3 Å². The molecule has 0 bridgehead atoms. The summed E-state index contributed by atoms with van der Waals surface area (Å²) in [4.78, 5) is 13.8. The van der Waals surface area contributed by atoms with Crippen molar-refractivity contribution in [3.05, 3.63) is 28.8 Å². The van der Waals surface area contributed by atoms with Gasteiger partial charge in [-0.05, 0) is 24.6 Å². The first kappa shape index (κ1) is 14.1. The Hall–Kier alpha value is -1.27. The predicted molar refractivity (Wildman–Crippen MR) is 75.0 cm³/mol. The third-order valence-electron chi connectivity index (χ3n) is 3.06. The zero-order valence-electron chi connectivity index (χ0n) is 10.3. The van der Waals surface area contributed by atoms with Crippen LogP contribution in [0.3, 0.4) is 0 Å². The first-order valence-electron chi connectivity index (χ1n) is 5.94. The smallest absolute Gasteiger partial charge is 0.255 e. The molecule has 1 saturated heterocycles. The van der Waals surface area contributed by atoms with E-state index in [4.69, 9.17) is 17.3 Å². The van der Waals surface area contributed by atoms with E-state index in [0.29, 0.717) is 29.2 Å². The zero-order chi connectivity index (χ0) is 14.0. The lowest BCUT2D eigenvalue weighted by molar-refractivity contribution is 0.0768. The standard InChI is InChI=1S/C12H15ClN2O3S/c13-11-3-2-9(14)8-10(11)12(16)15-4-1-6-19(17,18)7-5-15/h2-3,8H,1,4-7,14H2. The lowest BCUT2D eigenvalue weighted by Gasteiger charge is -2.20. The number of amides is 1. The fourth-order valence-corrected chi connectivity index (χ4v) is 3.49. The summed E-state index contributed by atoms with van der Waals surface area (Å²) in [7, 11) is -3.04. The van der Waals surface area contributed by atoms with E-state index in [2.05, 4.69) is 0 Å². The molecule has 104 valence electrons.